The van der Waals surface area contributed by atoms with E-state index >= 15 is 0 Å². The molecule has 0 aliphatic carbocycles. The molecule has 0 aliphatic heterocycles. The van der Waals surface area contributed by atoms with E-state index < -0.39 is 0 Å². The van der Waals surface area contributed by atoms with Crippen LogP contribution >= 0.6 is 11.3 Å². The first kappa shape index (κ1) is 8.43. The van der Waals surface area contributed by atoms with Crippen molar-refractivity contribution in [3.8, 4) is 0 Å². The Balaban J connectivity index is 2.85. The number of nitrogens with two attached hydrogens (primary N) is 1. The summed E-state index contributed by atoms with van der Waals surface area (Å²) in [6.45, 7) is 3.68. The summed E-state index contributed by atoms with van der Waals surface area (Å²) in [4.78, 5) is 12.4. The molecule has 0 radical (unpaired) electrons. The fourth-order valence-corrected chi connectivity index (χ4v) is 1.53. The lowest BCUT2D eigenvalue weighted by Gasteiger charge is -1.99. The van der Waals surface area contributed by atoms with Gasteiger partial charge in [0, 0.05) is 15.8 Å². The van der Waals surface area contributed by atoms with Crippen molar-refractivity contribution in [2.24, 2.45) is 5.73 Å². The number of thiophene rings is 1. The first-order valence-electron chi connectivity index (χ1n) is 3.46. The highest BCUT2D eigenvalue weighted by atomic mass is 32.1. The second-order valence-electron chi connectivity index (χ2n) is 2.60. The van der Waals surface area contributed by atoms with Crippen LogP contribution in [0.4, 0.5) is 0 Å². The average molecular weight is 169 g/mol. The number of rotatable bonds is 2. The lowest BCUT2D eigenvalue weighted by Crippen LogP contribution is -2.26. The summed E-state index contributed by atoms with van der Waals surface area (Å²) >= 11 is 1.57. The van der Waals surface area contributed by atoms with E-state index in [0.29, 0.717) is 0 Å². The van der Waals surface area contributed by atoms with Gasteiger partial charge < -0.3 is 5.73 Å². The Hall–Kier alpha value is -0.670. The van der Waals surface area contributed by atoms with E-state index in [1.165, 1.54) is 0 Å². The molecule has 0 bridgehead atoms. The van der Waals surface area contributed by atoms with Crippen LogP contribution in [0.25, 0.3) is 0 Å². The van der Waals surface area contributed by atoms with Gasteiger partial charge >= 0.3 is 0 Å². The summed E-state index contributed by atoms with van der Waals surface area (Å²) in [5, 5.41) is 1.85. The van der Waals surface area contributed by atoms with E-state index in [0.717, 1.165) is 10.4 Å². The second-order valence-corrected chi connectivity index (χ2v) is 3.71. The summed E-state index contributed by atoms with van der Waals surface area (Å²) in [6.07, 6.45) is 0. The summed E-state index contributed by atoms with van der Waals surface area (Å²) in [5.41, 5.74) is 6.17. The van der Waals surface area contributed by atoms with Gasteiger partial charge in [0.25, 0.3) is 0 Å². The maximum absolute atomic E-state index is 11.2. The molecule has 0 aromatic carbocycles. The fourth-order valence-electron chi connectivity index (χ4n) is 0.836. The van der Waals surface area contributed by atoms with Crippen LogP contribution in [0.3, 0.4) is 0 Å². The molecular weight excluding hydrogens is 158 g/mol. The van der Waals surface area contributed by atoms with E-state index in [9.17, 15) is 4.79 Å². The van der Waals surface area contributed by atoms with Gasteiger partial charge in [0.15, 0.2) is 5.78 Å². The highest BCUT2D eigenvalue weighted by Crippen LogP contribution is 2.14. The Morgan fingerprint density at radius 3 is 2.73 bits per heavy atom. The van der Waals surface area contributed by atoms with Crippen molar-refractivity contribution >= 4 is 17.1 Å². The van der Waals surface area contributed by atoms with Crippen molar-refractivity contribution in [3.05, 3.63) is 21.9 Å². The standard InChI is InChI=1S/C8H11NOS/c1-5-3-7(4-11-5)8(10)6(2)9/h3-4,6H,9H2,1-2H3/t6-/m0/s1. The van der Waals surface area contributed by atoms with Gasteiger partial charge in [0.2, 0.25) is 0 Å². The molecule has 11 heavy (non-hydrogen) atoms. The smallest absolute Gasteiger partial charge is 0.180 e. The Bertz CT molecular complexity index is 265. The van der Waals surface area contributed by atoms with Crippen molar-refractivity contribution in [2.45, 2.75) is 19.9 Å². The van der Waals surface area contributed by atoms with Gasteiger partial charge in [0.1, 0.15) is 0 Å². The molecule has 1 aromatic rings. The zero-order valence-corrected chi connectivity index (χ0v) is 7.44. The van der Waals surface area contributed by atoms with Gasteiger partial charge in [-0.1, -0.05) is 0 Å². The van der Waals surface area contributed by atoms with Crippen LogP contribution in [-0.2, 0) is 0 Å². The molecular formula is C8H11NOS. The third kappa shape index (κ3) is 1.88. The third-order valence-corrected chi connectivity index (χ3v) is 2.29. The lowest BCUT2D eigenvalue weighted by atomic mass is 10.1. The van der Waals surface area contributed by atoms with Gasteiger partial charge in [-0.25, -0.2) is 0 Å². The number of hydrogen-bond acceptors (Lipinski definition) is 3. The molecule has 1 aromatic heterocycles. The van der Waals surface area contributed by atoms with Crippen molar-refractivity contribution in [3.63, 3.8) is 0 Å². The topological polar surface area (TPSA) is 43.1 Å². The summed E-state index contributed by atoms with van der Waals surface area (Å²) in [5.74, 6) is 0.0225. The van der Waals surface area contributed by atoms with Crippen LogP contribution < -0.4 is 5.73 Å². The zero-order valence-electron chi connectivity index (χ0n) is 6.63. The molecule has 0 amide bonds. The van der Waals surface area contributed by atoms with E-state index in [1.54, 1.807) is 18.3 Å². The highest BCUT2D eigenvalue weighted by molar-refractivity contribution is 7.10. The molecule has 0 aliphatic rings. The normalized spacial score (nSPS) is 13.0. The van der Waals surface area contributed by atoms with Crippen molar-refractivity contribution < 1.29 is 4.79 Å². The van der Waals surface area contributed by atoms with Crippen LogP contribution in [0.1, 0.15) is 22.2 Å². The van der Waals surface area contributed by atoms with Crippen molar-refractivity contribution in [2.75, 3.05) is 0 Å². The quantitative estimate of drug-likeness (QED) is 0.683. The molecule has 0 saturated heterocycles. The molecule has 0 saturated carbocycles. The summed E-state index contributed by atoms with van der Waals surface area (Å²) < 4.78 is 0. The van der Waals surface area contributed by atoms with Gasteiger partial charge in [-0.3, -0.25) is 4.79 Å². The minimum atomic E-state index is -0.385. The molecule has 1 atom stereocenters. The summed E-state index contributed by atoms with van der Waals surface area (Å²) in [6, 6.07) is 1.49. The van der Waals surface area contributed by atoms with Crippen LogP contribution in [0.15, 0.2) is 11.4 Å². The van der Waals surface area contributed by atoms with Gasteiger partial charge in [-0.2, -0.15) is 0 Å². The van der Waals surface area contributed by atoms with E-state index in [1.807, 2.05) is 18.4 Å². The summed E-state index contributed by atoms with van der Waals surface area (Å²) in [7, 11) is 0. The first-order chi connectivity index (χ1) is 5.11. The maximum Gasteiger partial charge on any atom is 0.180 e. The molecule has 0 fully saturated rings. The Morgan fingerprint density at radius 2 is 2.36 bits per heavy atom. The van der Waals surface area contributed by atoms with Crippen LogP contribution in [0.5, 0.6) is 0 Å². The van der Waals surface area contributed by atoms with Crippen LogP contribution in [0, 0.1) is 6.92 Å². The monoisotopic (exact) mass is 169 g/mol. The molecule has 60 valence electrons. The highest BCUT2D eigenvalue weighted by Gasteiger charge is 2.11. The molecule has 0 unspecified atom stereocenters. The fraction of sp³-hybridized carbons (Fsp3) is 0.375. The number of aryl methyl sites for hydroxylation is 1. The van der Waals surface area contributed by atoms with Crippen molar-refractivity contribution in [1.82, 2.24) is 0 Å². The Kier molecular flexibility index (Phi) is 2.42. The van der Waals surface area contributed by atoms with E-state index in [4.69, 9.17) is 5.73 Å². The molecule has 0 spiro atoms. The van der Waals surface area contributed by atoms with Gasteiger partial charge in [0.05, 0.1) is 6.04 Å². The number of hydrogen-bond donors (Lipinski definition) is 1. The Labute approximate surface area is 70.0 Å². The molecule has 1 rings (SSSR count). The number of carbonyl (C=O) groups excluding carboxylic acids is 1. The van der Waals surface area contributed by atoms with Crippen molar-refractivity contribution in [1.29, 1.82) is 0 Å². The molecule has 1 heterocycles. The number of Topliss-reactive ketones (excluding diaryl/α,β-unsaturated/α-hetero) is 1. The number of carbonyl (C=O) groups is 1. The second kappa shape index (κ2) is 3.15. The SMILES string of the molecule is Cc1cc(C(=O)[C@H](C)N)cs1. The lowest BCUT2D eigenvalue weighted by molar-refractivity contribution is 0.0968. The van der Waals surface area contributed by atoms with E-state index in [-0.39, 0.29) is 11.8 Å². The maximum atomic E-state index is 11.2. The van der Waals surface area contributed by atoms with Crippen LogP contribution in [0.2, 0.25) is 0 Å². The zero-order chi connectivity index (χ0) is 8.43. The van der Waals surface area contributed by atoms with E-state index in [2.05, 4.69) is 0 Å². The van der Waals surface area contributed by atoms with Gasteiger partial charge in [-0.05, 0) is 19.9 Å². The molecule has 3 heteroatoms. The number of ketones is 1. The minimum Gasteiger partial charge on any atom is -0.321 e. The van der Waals surface area contributed by atoms with Gasteiger partial charge in [-0.15, -0.1) is 11.3 Å². The predicted octanol–water partition coefficient (Wildman–Crippen LogP) is 1.59. The average Bonchev–Trinajstić information content (AvgIpc) is 2.34. The molecule has 2 nitrogen and oxygen atoms in total. The van der Waals surface area contributed by atoms with Crippen LogP contribution in [-0.4, -0.2) is 11.8 Å². The molecule has 2 N–H and O–H groups in total. The Morgan fingerprint density at radius 1 is 1.73 bits per heavy atom. The minimum absolute atomic E-state index is 0.0225. The largest absolute Gasteiger partial charge is 0.321 e. The predicted molar refractivity (Wildman–Crippen MR) is 47.0 cm³/mol. The third-order valence-electron chi connectivity index (χ3n) is 1.43. The first-order valence-corrected chi connectivity index (χ1v) is 4.34.